The van der Waals surface area contributed by atoms with Crippen molar-refractivity contribution in [1.82, 2.24) is 15.5 Å². The molecule has 0 aromatic rings. The van der Waals surface area contributed by atoms with Crippen molar-refractivity contribution in [1.29, 1.82) is 0 Å². The molecule has 1 heterocycles. The molecule has 23 heavy (non-hydrogen) atoms. The molecule has 1 aliphatic rings. The van der Waals surface area contributed by atoms with E-state index >= 15 is 0 Å². The first kappa shape index (κ1) is 20.1. The van der Waals surface area contributed by atoms with Crippen molar-refractivity contribution < 1.29 is 13.2 Å². The van der Waals surface area contributed by atoms with Gasteiger partial charge in [0.15, 0.2) is 5.96 Å². The van der Waals surface area contributed by atoms with Crippen molar-refractivity contribution >= 4 is 5.96 Å². The minimum atomic E-state index is -4.11. The van der Waals surface area contributed by atoms with Gasteiger partial charge in [-0.25, -0.2) is 0 Å². The van der Waals surface area contributed by atoms with E-state index in [1.54, 1.807) is 7.05 Å². The molecular formula is C16H31F3N4. The first-order valence-electron chi connectivity index (χ1n) is 8.46. The molecule has 0 spiro atoms. The number of guanidine groups is 1. The van der Waals surface area contributed by atoms with Crippen molar-refractivity contribution in [3.63, 3.8) is 0 Å². The highest BCUT2D eigenvalue weighted by Gasteiger charge is 2.34. The highest BCUT2D eigenvalue weighted by atomic mass is 19.4. The van der Waals surface area contributed by atoms with Crippen LogP contribution >= 0.6 is 0 Å². The Hall–Kier alpha value is -0.980. The number of alkyl halides is 3. The van der Waals surface area contributed by atoms with Gasteiger partial charge in [-0.15, -0.1) is 0 Å². The number of likely N-dealkylation sites (tertiary alicyclic amines) is 1. The van der Waals surface area contributed by atoms with Gasteiger partial charge >= 0.3 is 6.18 Å². The Balaban J connectivity index is 2.27. The van der Waals surface area contributed by atoms with Gasteiger partial charge in [0.05, 0.1) is 6.54 Å². The Morgan fingerprint density at radius 2 is 1.96 bits per heavy atom. The second-order valence-electron chi connectivity index (χ2n) is 6.97. The van der Waals surface area contributed by atoms with Gasteiger partial charge in [0.2, 0.25) is 0 Å². The Morgan fingerprint density at radius 3 is 2.52 bits per heavy atom. The normalized spacial score (nSPS) is 21.7. The standard InChI is InChI=1S/C16H31F3N4/c1-12(2)5-6-13(3)22-15(20-4)21-9-14-7-8-23(10-14)11-16(17,18)19/h12-14H,5-11H2,1-4H3,(H2,20,21,22). The summed E-state index contributed by atoms with van der Waals surface area (Å²) in [6, 6.07) is 0.328. The summed E-state index contributed by atoms with van der Waals surface area (Å²) >= 11 is 0. The maximum atomic E-state index is 12.4. The Morgan fingerprint density at radius 1 is 1.26 bits per heavy atom. The molecule has 0 amide bonds. The minimum Gasteiger partial charge on any atom is -0.356 e. The zero-order valence-electron chi connectivity index (χ0n) is 14.7. The Kier molecular flexibility index (Phi) is 8.16. The van der Waals surface area contributed by atoms with Crippen molar-refractivity contribution in [2.24, 2.45) is 16.8 Å². The van der Waals surface area contributed by atoms with E-state index in [9.17, 15) is 13.2 Å². The SMILES string of the molecule is CN=C(NCC1CCN(CC(F)(F)F)C1)NC(C)CCC(C)C. The topological polar surface area (TPSA) is 39.7 Å². The van der Waals surface area contributed by atoms with Crippen LogP contribution in [0, 0.1) is 11.8 Å². The predicted octanol–water partition coefficient (Wildman–Crippen LogP) is 2.86. The van der Waals surface area contributed by atoms with Gasteiger partial charge in [0, 0.05) is 26.2 Å². The van der Waals surface area contributed by atoms with E-state index in [0.29, 0.717) is 31.6 Å². The molecule has 7 heteroatoms. The van der Waals surface area contributed by atoms with E-state index in [2.05, 4.69) is 36.4 Å². The van der Waals surface area contributed by atoms with E-state index in [-0.39, 0.29) is 5.92 Å². The number of rotatable bonds is 7. The summed E-state index contributed by atoms with van der Waals surface area (Å²) in [5.74, 6) is 1.64. The number of halogens is 3. The number of nitrogens with one attached hydrogen (secondary N) is 2. The van der Waals surface area contributed by atoms with Crippen LogP contribution in [0.2, 0.25) is 0 Å². The van der Waals surface area contributed by atoms with Crippen LogP contribution in [-0.2, 0) is 0 Å². The van der Waals surface area contributed by atoms with Crippen LogP contribution in [0.25, 0.3) is 0 Å². The van der Waals surface area contributed by atoms with Crippen molar-refractivity contribution in [2.75, 3.05) is 33.2 Å². The molecule has 2 atom stereocenters. The lowest BCUT2D eigenvalue weighted by Crippen LogP contribution is -2.44. The van der Waals surface area contributed by atoms with Crippen molar-refractivity contribution in [3.05, 3.63) is 0 Å². The van der Waals surface area contributed by atoms with E-state index < -0.39 is 12.7 Å². The van der Waals surface area contributed by atoms with Crippen LogP contribution in [0.3, 0.4) is 0 Å². The number of nitrogens with zero attached hydrogens (tertiary/aromatic N) is 2. The predicted molar refractivity (Wildman–Crippen MR) is 88.6 cm³/mol. The lowest BCUT2D eigenvalue weighted by molar-refractivity contribution is -0.143. The molecule has 136 valence electrons. The molecule has 2 N–H and O–H groups in total. The smallest absolute Gasteiger partial charge is 0.356 e. The molecule has 1 fully saturated rings. The summed E-state index contributed by atoms with van der Waals surface area (Å²) < 4.78 is 37.2. The van der Waals surface area contributed by atoms with E-state index in [4.69, 9.17) is 0 Å². The van der Waals surface area contributed by atoms with Gasteiger partial charge in [0.25, 0.3) is 0 Å². The fourth-order valence-corrected chi connectivity index (χ4v) is 2.80. The van der Waals surface area contributed by atoms with Crippen molar-refractivity contribution in [3.8, 4) is 0 Å². The largest absolute Gasteiger partial charge is 0.401 e. The van der Waals surface area contributed by atoms with Gasteiger partial charge in [-0.1, -0.05) is 13.8 Å². The first-order valence-corrected chi connectivity index (χ1v) is 8.46. The summed E-state index contributed by atoms with van der Waals surface area (Å²) in [6.45, 7) is 7.39. The molecular weight excluding hydrogens is 305 g/mol. The molecule has 0 aliphatic carbocycles. The van der Waals surface area contributed by atoms with Crippen molar-refractivity contribution in [2.45, 2.75) is 52.3 Å². The molecule has 1 rings (SSSR count). The van der Waals surface area contributed by atoms with E-state index in [1.165, 1.54) is 4.90 Å². The van der Waals surface area contributed by atoms with Crippen LogP contribution in [0.5, 0.6) is 0 Å². The maximum absolute atomic E-state index is 12.4. The Labute approximate surface area is 137 Å². The molecule has 0 aromatic carbocycles. The molecule has 0 saturated carbocycles. The zero-order chi connectivity index (χ0) is 17.5. The number of aliphatic imine (C=N–C) groups is 1. The second-order valence-corrected chi connectivity index (χ2v) is 6.97. The molecule has 0 aromatic heterocycles. The van der Waals surface area contributed by atoms with Gasteiger partial charge in [-0.3, -0.25) is 9.89 Å². The first-order chi connectivity index (χ1) is 10.7. The zero-order valence-corrected chi connectivity index (χ0v) is 14.7. The summed E-state index contributed by atoms with van der Waals surface area (Å²) in [4.78, 5) is 5.68. The summed E-state index contributed by atoms with van der Waals surface area (Å²) in [6.07, 6.45) is -1.09. The van der Waals surface area contributed by atoms with Crippen LogP contribution in [-0.4, -0.2) is 56.3 Å². The second kappa shape index (κ2) is 9.35. The molecule has 2 unspecified atom stereocenters. The molecule has 1 aliphatic heterocycles. The Bertz CT molecular complexity index is 369. The number of hydrogen-bond donors (Lipinski definition) is 2. The average Bonchev–Trinajstić information content (AvgIpc) is 2.86. The highest BCUT2D eigenvalue weighted by Crippen LogP contribution is 2.22. The lowest BCUT2D eigenvalue weighted by atomic mass is 10.0. The number of hydrogen-bond acceptors (Lipinski definition) is 2. The fourth-order valence-electron chi connectivity index (χ4n) is 2.80. The summed E-state index contributed by atoms with van der Waals surface area (Å²) in [5, 5.41) is 6.58. The monoisotopic (exact) mass is 336 g/mol. The molecule has 0 bridgehead atoms. The van der Waals surface area contributed by atoms with E-state index in [0.717, 1.165) is 25.2 Å². The highest BCUT2D eigenvalue weighted by molar-refractivity contribution is 5.79. The molecule has 1 saturated heterocycles. The molecule has 4 nitrogen and oxygen atoms in total. The fraction of sp³-hybridized carbons (Fsp3) is 0.938. The van der Waals surface area contributed by atoms with Gasteiger partial charge < -0.3 is 10.6 Å². The quantitative estimate of drug-likeness (QED) is 0.555. The van der Waals surface area contributed by atoms with Gasteiger partial charge in [0.1, 0.15) is 0 Å². The van der Waals surface area contributed by atoms with Gasteiger partial charge in [-0.2, -0.15) is 13.2 Å². The van der Waals surface area contributed by atoms with Crippen LogP contribution in [0.1, 0.15) is 40.0 Å². The van der Waals surface area contributed by atoms with Crippen LogP contribution in [0.15, 0.2) is 4.99 Å². The molecule has 0 radical (unpaired) electrons. The summed E-state index contributed by atoms with van der Waals surface area (Å²) in [7, 11) is 1.72. The summed E-state index contributed by atoms with van der Waals surface area (Å²) in [5.41, 5.74) is 0. The van der Waals surface area contributed by atoms with Gasteiger partial charge in [-0.05, 0) is 44.6 Å². The van der Waals surface area contributed by atoms with E-state index in [1.807, 2.05) is 0 Å². The average molecular weight is 336 g/mol. The van der Waals surface area contributed by atoms with Crippen LogP contribution in [0.4, 0.5) is 13.2 Å². The third-order valence-corrected chi connectivity index (χ3v) is 4.11. The lowest BCUT2D eigenvalue weighted by Gasteiger charge is -2.21. The van der Waals surface area contributed by atoms with Crippen LogP contribution < -0.4 is 10.6 Å². The minimum absolute atomic E-state index is 0.238. The third kappa shape index (κ3) is 9.03. The maximum Gasteiger partial charge on any atom is 0.401 e. The third-order valence-electron chi connectivity index (χ3n) is 4.11.